The van der Waals surface area contributed by atoms with Gasteiger partial charge in [0.1, 0.15) is 11.4 Å². The summed E-state index contributed by atoms with van der Waals surface area (Å²) >= 11 is 1.38. The molecule has 1 aliphatic carbocycles. The van der Waals surface area contributed by atoms with Crippen molar-refractivity contribution in [1.29, 1.82) is 0 Å². The van der Waals surface area contributed by atoms with E-state index in [0.29, 0.717) is 55.2 Å². The molecular weight excluding hydrogens is 504 g/mol. The highest BCUT2D eigenvalue weighted by Gasteiger charge is 2.41. The highest BCUT2D eigenvalue weighted by atomic mass is 32.1. The maximum absolute atomic E-state index is 13.7. The van der Waals surface area contributed by atoms with E-state index in [1.165, 1.54) is 18.3 Å². The minimum absolute atomic E-state index is 0.0305. The lowest BCUT2D eigenvalue weighted by Crippen LogP contribution is -2.50. The fourth-order valence-electron chi connectivity index (χ4n) is 5.11. The molecule has 10 nitrogen and oxygen atoms in total. The SMILES string of the molecule is CC(=O)Nc1nc(C)c(-c2cc3c(c(N4CCN(C(=O)OC(C)(C)C)CC4)n2)C(=O)N(C(C)C2CC2)C3)s1. The van der Waals surface area contributed by atoms with Crippen LogP contribution in [0.15, 0.2) is 6.07 Å². The number of rotatable bonds is 5. The maximum atomic E-state index is 13.7. The molecule has 0 aromatic carbocycles. The number of thiazole rings is 1. The van der Waals surface area contributed by atoms with Crippen LogP contribution in [0.5, 0.6) is 0 Å². The van der Waals surface area contributed by atoms with Gasteiger partial charge in [0.2, 0.25) is 5.91 Å². The quantitative estimate of drug-likeness (QED) is 0.603. The molecule has 0 bridgehead atoms. The Bertz CT molecular complexity index is 1270. The second-order valence-corrected chi connectivity index (χ2v) is 12.4. The number of pyridine rings is 1. The van der Waals surface area contributed by atoms with Gasteiger partial charge >= 0.3 is 6.09 Å². The Morgan fingerprint density at radius 2 is 1.84 bits per heavy atom. The summed E-state index contributed by atoms with van der Waals surface area (Å²) < 4.78 is 5.55. The van der Waals surface area contributed by atoms with Crippen LogP contribution < -0.4 is 10.2 Å². The van der Waals surface area contributed by atoms with E-state index in [1.54, 1.807) is 4.90 Å². The lowest BCUT2D eigenvalue weighted by Gasteiger charge is -2.36. The van der Waals surface area contributed by atoms with Gasteiger partial charge in [-0.3, -0.25) is 9.59 Å². The van der Waals surface area contributed by atoms with E-state index in [-0.39, 0.29) is 23.9 Å². The van der Waals surface area contributed by atoms with Crippen LogP contribution >= 0.6 is 11.3 Å². The zero-order valence-electron chi connectivity index (χ0n) is 23.0. The Morgan fingerprint density at radius 3 is 2.45 bits per heavy atom. The Labute approximate surface area is 227 Å². The number of nitrogens with one attached hydrogen (secondary N) is 1. The van der Waals surface area contributed by atoms with Gasteiger partial charge in [-0.1, -0.05) is 11.3 Å². The van der Waals surface area contributed by atoms with Crippen molar-refractivity contribution in [1.82, 2.24) is 19.8 Å². The van der Waals surface area contributed by atoms with E-state index in [1.807, 2.05) is 38.7 Å². The third-order valence-electron chi connectivity index (χ3n) is 7.24. The van der Waals surface area contributed by atoms with Gasteiger partial charge in [-0.2, -0.15) is 0 Å². The van der Waals surface area contributed by atoms with E-state index < -0.39 is 5.60 Å². The first-order valence-corrected chi connectivity index (χ1v) is 14.1. The molecule has 5 rings (SSSR count). The minimum Gasteiger partial charge on any atom is -0.444 e. The van der Waals surface area contributed by atoms with Crippen LogP contribution in [0.25, 0.3) is 10.6 Å². The number of carbonyl (C=O) groups is 3. The largest absolute Gasteiger partial charge is 0.444 e. The van der Waals surface area contributed by atoms with Gasteiger partial charge in [-0.25, -0.2) is 14.8 Å². The van der Waals surface area contributed by atoms with Gasteiger partial charge in [-0.05, 0) is 65.0 Å². The fraction of sp³-hybridized carbons (Fsp3) is 0.593. The molecular formula is C27H36N6O4S. The standard InChI is InChI=1S/C27H36N6O4S/c1-15-22(38-25(28-15)29-17(3)34)20-13-19-14-33(16(2)18-7-8-18)24(35)21(19)23(30-20)31-9-11-32(12-10-31)26(36)37-27(4,5)6/h13,16,18H,7-12,14H2,1-6H3,(H,28,29,34). The number of piperazine rings is 1. The highest BCUT2D eigenvalue weighted by molar-refractivity contribution is 7.19. The topological polar surface area (TPSA) is 108 Å². The number of amides is 3. The number of aryl methyl sites for hydroxylation is 1. The molecule has 38 heavy (non-hydrogen) atoms. The summed E-state index contributed by atoms with van der Waals surface area (Å²) in [4.78, 5) is 54.1. The van der Waals surface area contributed by atoms with Crippen molar-refractivity contribution in [3.05, 3.63) is 22.9 Å². The van der Waals surface area contributed by atoms with Crippen molar-refractivity contribution in [2.24, 2.45) is 5.92 Å². The van der Waals surface area contributed by atoms with Crippen molar-refractivity contribution in [2.45, 2.75) is 72.6 Å². The molecule has 3 amide bonds. The average molecular weight is 541 g/mol. The van der Waals surface area contributed by atoms with Crippen LogP contribution in [-0.2, 0) is 16.1 Å². The fourth-order valence-corrected chi connectivity index (χ4v) is 6.09. The van der Waals surface area contributed by atoms with E-state index in [4.69, 9.17) is 9.72 Å². The average Bonchev–Trinajstić information content (AvgIpc) is 3.55. The molecule has 1 atom stereocenters. The predicted octanol–water partition coefficient (Wildman–Crippen LogP) is 4.28. The molecule has 2 aliphatic heterocycles. The number of fused-ring (bicyclic) bond motifs is 1. The molecule has 204 valence electrons. The van der Waals surface area contributed by atoms with Gasteiger partial charge in [0.15, 0.2) is 5.13 Å². The Morgan fingerprint density at radius 1 is 1.16 bits per heavy atom. The maximum Gasteiger partial charge on any atom is 0.410 e. The Balaban J connectivity index is 1.47. The van der Waals surface area contributed by atoms with E-state index in [2.05, 4.69) is 22.1 Å². The first-order chi connectivity index (χ1) is 17.9. The third-order valence-corrected chi connectivity index (χ3v) is 8.33. The molecule has 11 heteroatoms. The molecule has 1 unspecified atom stereocenters. The van der Waals surface area contributed by atoms with Crippen molar-refractivity contribution in [3.8, 4) is 10.6 Å². The molecule has 2 aromatic rings. The molecule has 3 aliphatic rings. The number of nitrogens with zero attached hydrogens (tertiary/aromatic N) is 5. The van der Waals surface area contributed by atoms with Crippen LogP contribution in [0, 0.1) is 12.8 Å². The molecule has 1 saturated heterocycles. The molecule has 0 radical (unpaired) electrons. The lowest BCUT2D eigenvalue weighted by molar-refractivity contribution is -0.114. The van der Waals surface area contributed by atoms with Gasteiger partial charge in [0.25, 0.3) is 5.91 Å². The molecule has 1 saturated carbocycles. The monoisotopic (exact) mass is 540 g/mol. The summed E-state index contributed by atoms with van der Waals surface area (Å²) in [7, 11) is 0. The predicted molar refractivity (Wildman–Crippen MR) is 146 cm³/mol. The number of hydrogen-bond donors (Lipinski definition) is 1. The number of aromatic nitrogens is 2. The molecule has 0 spiro atoms. The number of anilines is 2. The minimum atomic E-state index is -0.554. The highest BCUT2D eigenvalue weighted by Crippen LogP contribution is 2.42. The molecule has 2 aromatic heterocycles. The van der Waals surface area contributed by atoms with Crippen LogP contribution in [0.1, 0.15) is 69.1 Å². The first-order valence-electron chi connectivity index (χ1n) is 13.2. The molecule has 2 fully saturated rings. The van der Waals surface area contributed by atoms with Crippen molar-refractivity contribution in [3.63, 3.8) is 0 Å². The van der Waals surface area contributed by atoms with Crippen molar-refractivity contribution < 1.29 is 19.1 Å². The van der Waals surface area contributed by atoms with E-state index in [0.717, 1.165) is 34.7 Å². The lowest BCUT2D eigenvalue weighted by atomic mass is 10.1. The Kier molecular flexibility index (Phi) is 6.83. The van der Waals surface area contributed by atoms with E-state index in [9.17, 15) is 14.4 Å². The summed E-state index contributed by atoms with van der Waals surface area (Å²) in [6, 6.07) is 2.19. The zero-order valence-corrected chi connectivity index (χ0v) is 23.8. The zero-order chi connectivity index (χ0) is 27.4. The van der Waals surface area contributed by atoms with Gasteiger partial charge in [0.05, 0.1) is 21.8 Å². The smallest absolute Gasteiger partial charge is 0.410 e. The normalized spacial score (nSPS) is 18.5. The summed E-state index contributed by atoms with van der Waals surface area (Å²) in [6.45, 7) is 13.7. The van der Waals surface area contributed by atoms with Crippen molar-refractivity contribution in [2.75, 3.05) is 36.4 Å². The molecule has 4 heterocycles. The Hall–Kier alpha value is -3.21. The summed E-state index contributed by atoms with van der Waals surface area (Å²) in [6.07, 6.45) is 2.00. The number of carbonyl (C=O) groups excluding carboxylic acids is 3. The summed E-state index contributed by atoms with van der Waals surface area (Å²) in [5.74, 6) is 1.07. The summed E-state index contributed by atoms with van der Waals surface area (Å²) in [5, 5.41) is 3.29. The van der Waals surface area contributed by atoms with Crippen LogP contribution in [0.3, 0.4) is 0 Å². The van der Waals surface area contributed by atoms with Gasteiger partial charge in [0, 0.05) is 45.7 Å². The number of hydrogen-bond acceptors (Lipinski definition) is 8. The second-order valence-electron chi connectivity index (χ2n) is 11.4. The molecule has 1 N–H and O–H groups in total. The second kappa shape index (κ2) is 9.83. The van der Waals surface area contributed by atoms with Crippen LogP contribution in [0.2, 0.25) is 0 Å². The van der Waals surface area contributed by atoms with Crippen molar-refractivity contribution >= 4 is 40.2 Å². The van der Waals surface area contributed by atoms with E-state index >= 15 is 0 Å². The number of ether oxygens (including phenoxy) is 1. The van der Waals surface area contributed by atoms with Gasteiger partial charge < -0.3 is 24.8 Å². The van der Waals surface area contributed by atoms with Crippen LogP contribution in [0.4, 0.5) is 15.7 Å². The first kappa shape index (κ1) is 26.4. The van der Waals surface area contributed by atoms with Gasteiger partial charge in [-0.15, -0.1) is 0 Å². The van der Waals surface area contributed by atoms with Crippen LogP contribution in [-0.4, -0.2) is 75.5 Å². The third kappa shape index (κ3) is 5.34. The summed E-state index contributed by atoms with van der Waals surface area (Å²) in [5.41, 5.74) is 2.59.